The van der Waals surface area contributed by atoms with Gasteiger partial charge in [-0.05, 0) is 49.6 Å². The largest absolute Gasteiger partial charge is 0.493 e. The number of hydrogen-bond donors (Lipinski definition) is 1. The van der Waals surface area contributed by atoms with E-state index in [9.17, 15) is 4.79 Å². The first-order valence-electron chi connectivity index (χ1n) is 7.41. The maximum absolute atomic E-state index is 10.6. The first-order valence-corrected chi connectivity index (χ1v) is 7.41. The number of carboxylic acid groups (broad SMARTS) is 1. The summed E-state index contributed by atoms with van der Waals surface area (Å²) in [6.45, 7) is 3.58. The number of aryl methyl sites for hydroxylation is 2. The molecule has 116 valence electrons. The summed E-state index contributed by atoms with van der Waals surface area (Å²) in [5.41, 5.74) is 2.05. The van der Waals surface area contributed by atoms with Gasteiger partial charge in [-0.15, -0.1) is 0 Å². The normalized spacial score (nSPS) is 11.0. The monoisotopic (exact) mass is 299 g/mol. The number of unbranched alkanes of at least 4 members (excludes halogenated alkanes) is 1. The third kappa shape index (κ3) is 4.81. The van der Waals surface area contributed by atoms with Crippen LogP contribution in [0.4, 0.5) is 0 Å². The molecule has 0 saturated heterocycles. The predicted octanol–water partition coefficient (Wildman–Crippen LogP) is 3.75. The molecule has 1 heterocycles. The molecule has 0 fully saturated rings. The van der Waals surface area contributed by atoms with Crippen LogP contribution in [0.15, 0.2) is 48.7 Å². The Morgan fingerprint density at radius 1 is 1.23 bits per heavy atom. The number of aliphatic carboxylic acids is 1. The molecule has 0 aliphatic carbocycles. The average Bonchev–Trinajstić information content (AvgIpc) is 2.94. The van der Waals surface area contributed by atoms with Gasteiger partial charge in [0.15, 0.2) is 0 Å². The van der Waals surface area contributed by atoms with Crippen molar-refractivity contribution in [3.05, 3.63) is 59.9 Å². The zero-order chi connectivity index (χ0) is 15.8. The van der Waals surface area contributed by atoms with Gasteiger partial charge < -0.3 is 14.4 Å². The van der Waals surface area contributed by atoms with E-state index in [2.05, 4.69) is 0 Å². The average molecular weight is 299 g/mol. The minimum atomic E-state index is -0.931. The molecule has 22 heavy (non-hydrogen) atoms. The number of benzene rings is 1. The number of ether oxygens (including phenoxy) is 1. The van der Waals surface area contributed by atoms with Gasteiger partial charge in [-0.3, -0.25) is 0 Å². The van der Waals surface area contributed by atoms with Crippen molar-refractivity contribution in [2.75, 3.05) is 6.61 Å². The Hall–Kier alpha value is -2.49. The van der Waals surface area contributed by atoms with E-state index in [1.54, 1.807) is 6.08 Å². The van der Waals surface area contributed by atoms with Crippen molar-refractivity contribution in [1.82, 2.24) is 4.57 Å². The fraction of sp³-hybridized carbons (Fsp3) is 0.278. The Morgan fingerprint density at radius 3 is 2.82 bits per heavy atom. The number of para-hydroxylation sites is 1. The smallest absolute Gasteiger partial charge is 0.328 e. The fourth-order valence-corrected chi connectivity index (χ4v) is 2.22. The minimum Gasteiger partial charge on any atom is -0.493 e. The van der Waals surface area contributed by atoms with E-state index in [1.165, 1.54) is 0 Å². The molecule has 1 aromatic heterocycles. The van der Waals surface area contributed by atoms with Crippen LogP contribution in [0.25, 0.3) is 6.08 Å². The third-order valence-corrected chi connectivity index (χ3v) is 3.41. The third-order valence-electron chi connectivity index (χ3n) is 3.41. The van der Waals surface area contributed by atoms with Gasteiger partial charge in [0.1, 0.15) is 5.75 Å². The van der Waals surface area contributed by atoms with E-state index in [0.29, 0.717) is 6.61 Å². The van der Waals surface area contributed by atoms with Gasteiger partial charge >= 0.3 is 5.97 Å². The van der Waals surface area contributed by atoms with Crippen molar-refractivity contribution in [2.24, 2.45) is 0 Å². The van der Waals surface area contributed by atoms with Crippen LogP contribution in [0.5, 0.6) is 5.75 Å². The van der Waals surface area contributed by atoms with Crippen molar-refractivity contribution in [2.45, 2.75) is 26.3 Å². The summed E-state index contributed by atoms with van der Waals surface area (Å²) in [6, 6.07) is 11.8. The van der Waals surface area contributed by atoms with Crippen LogP contribution >= 0.6 is 0 Å². The second kappa shape index (κ2) is 8.08. The summed E-state index contributed by atoms with van der Waals surface area (Å²) in [6.07, 6.45) is 6.67. The fourth-order valence-electron chi connectivity index (χ4n) is 2.22. The van der Waals surface area contributed by atoms with Gasteiger partial charge in [-0.25, -0.2) is 4.79 Å². The summed E-state index contributed by atoms with van der Waals surface area (Å²) in [7, 11) is 0. The van der Waals surface area contributed by atoms with Crippen LogP contribution in [-0.2, 0) is 11.3 Å². The van der Waals surface area contributed by atoms with E-state index >= 15 is 0 Å². The van der Waals surface area contributed by atoms with Crippen molar-refractivity contribution in [3.63, 3.8) is 0 Å². The number of rotatable bonds is 8. The molecule has 0 bridgehead atoms. The number of hydrogen-bond acceptors (Lipinski definition) is 2. The van der Waals surface area contributed by atoms with Crippen molar-refractivity contribution in [3.8, 4) is 5.75 Å². The van der Waals surface area contributed by atoms with E-state index in [0.717, 1.165) is 42.5 Å². The Balaban J connectivity index is 1.74. The number of carboxylic acids is 1. The summed E-state index contributed by atoms with van der Waals surface area (Å²) in [5.74, 6) is 0.00734. The zero-order valence-corrected chi connectivity index (χ0v) is 12.7. The van der Waals surface area contributed by atoms with Crippen LogP contribution in [-0.4, -0.2) is 22.2 Å². The molecule has 4 heteroatoms. The Labute approximate surface area is 130 Å². The number of aromatic nitrogens is 1. The van der Waals surface area contributed by atoms with E-state index < -0.39 is 5.97 Å². The highest BCUT2D eigenvalue weighted by molar-refractivity contribution is 5.84. The standard InChI is InChI=1S/C18H21NO3/c1-15-7-2-3-9-17(15)22-14-5-4-12-19-13-6-8-16(19)10-11-18(20)21/h2-3,6-11,13H,4-5,12,14H2,1H3,(H,20,21)/b11-10+. The lowest BCUT2D eigenvalue weighted by atomic mass is 10.2. The molecule has 1 N–H and O–H groups in total. The molecule has 0 spiro atoms. The molecule has 2 aromatic rings. The molecular formula is C18H21NO3. The second-order valence-electron chi connectivity index (χ2n) is 5.12. The van der Waals surface area contributed by atoms with Crippen LogP contribution in [0.3, 0.4) is 0 Å². The van der Waals surface area contributed by atoms with E-state index in [-0.39, 0.29) is 0 Å². The lowest BCUT2D eigenvalue weighted by molar-refractivity contribution is -0.131. The molecule has 0 amide bonds. The molecule has 0 radical (unpaired) electrons. The maximum atomic E-state index is 10.6. The van der Waals surface area contributed by atoms with Gasteiger partial charge in [-0.1, -0.05) is 18.2 Å². The molecule has 0 saturated carbocycles. The van der Waals surface area contributed by atoms with Gasteiger partial charge in [0.2, 0.25) is 0 Å². The number of nitrogens with zero attached hydrogens (tertiary/aromatic N) is 1. The molecule has 0 atom stereocenters. The van der Waals surface area contributed by atoms with E-state index in [1.807, 2.05) is 54.1 Å². The van der Waals surface area contributed by atoms with Crippen LogP contribution in [0.1, 0.15) is 24.1 Å². The highest BCUT2D eigenvalue weighted by atomic mass is 16.5. The van der Waals surface area contributed by atoms with Crippen molar-refractivity contribution >= 4 is 12.0 Å². The van der Waals surface area contributed by atoms with Gasteiger partial charge in [0.25, 0.3) is 0 Å². The van der Waals surface area contributed by atoms with E-state index in [4.69, 9.17) is 9.84 Å². The van der Waals surface area contributed by atoms with Crippen molar-refractivity contribution < 1.29 is 14.6 Å². The van der Waals surface area contributed by atoms with Gasteiger partial charge in [0.05, 0.1) is 6.61 Å². The lowest BCUT2D eigenvalue weighted by Crippen LogP contribution is -2.03. The van der Waals surface area contributed by atoms with Gasteiger partial charge in [-0.2, -0.15) is 0 Å². The topological polar surface area (TPSA) is 51.5 Å². The Kier molecular flexibility index (Phi) is 5.83. The Bertz CT molecular complexity index is 643. The molecule has 0 aliphatic heterocycles. The highest BCUT2D eigenvalue weighted by Crippen LogP contribution is 2.16. The molecule has 1 aromatic carbocycles. The molecule has 2 rings (SSSR count). The lowest BCUT2D eigenvalue weighted by Gasteiger charge is -2.09. The number of carbonyl (C=O) groups is 1. The zero-order valence-electron chi connectivity index (χ0n) is 12.7. The summed E-state index contributed by atoms with van der Waals surface area (Å²) < 4.78 is 7.81. The SMILES string of the molecule is Cc1ccccc1OCCCCn1cccc1/C=C/C(=O)O. The summed E-state index contributed by atoms with van der Waals surface area (Å²) in [5, 5.41) is 8.67. The van der Waals surface area contributed by atoms with Gasteiger partial charge in [0, 0.05) is 24.5 Å². The predicted molar refractivity (Wildman–Crippen MR) is 87.0 cm³/mol. The first-order chi connectivity index (χ1) is 10.7. The first kappa shape index (κ1) is 15.9. The van der Waals surface area contributed by atoms with Crippen LogP contribution in [0.2, 0.25) is 0 Å². The maximum Gasteiger partial charge on any atom is 0.328 e. The second-order valence-corrected chi connectivity index (χ2v) is 5.12. The highest BCUT2D eigenvalue weighted by Gasteiger charge is 2.00. The summed E-state index contributed by atoms with van der Waals surface area (Å²) in [4.78, 5) is 10.6. The summed E-state index contributed by atoms with van der Waals surface area (Å²) >= 11 is 0. The Morgan fingerprint density at radius 2 is 2.05 bits per heavy atom. The van der Waals surface area contributed by atoms with Crippen LogP contribution < -0.4 is 4.74 Å². The molecule has 4 nitrogen and oxygen atoms in total. The van der Waals surface area contributed by atoms with Crippen molar-refractivity contribution in [1.29, 1.82) is 0 Å². The quantitative estimate of drug-likeness (QED) is 0.596. The van der Waals surface area contributed by atoms with Crippen LogP contribution in [0, 0.1) is 6.92 Å². The molecule has 0 aliphatic rings. The molecular weight excluding hydrogens is 278 g/mol. The minimum absolute atomic E-state index is 0.687. The molecule has 0 unspecified atom stereocenters.